The van der Waals surface area contributed by atoms with Gasteiger partial charge in [-0.25, -0.2) is 9.69 Å². The quantitative estimate of drug-likeness (QED) is 0.414. The molecule has 1 aliphatic rings. The molecule has 1 fully saturated rings. The fourth-order valence-electron chi connectivity index (χ4n) is 3.38. The molecule has 0 aromatic heterocycles. The average molecular weight is 491 g/mol. The molecule has 3 aromatic carbocycles. The van der Waals surface area contributed by atoms with E-state index in [1.807, 2.05) is 42.5 Å². The summed E-state index contributed by atoms with van der Waals surface area (Å²) in [7, 11) is 1.53. The highest BCUT2D eigenvalue weighted by Crippen LogP contribution is 2.25. The number of amides is 4. The summed E-state index contributed by atoms with van der Waals surface area (Å²) in [6.45, 7) is 0. The van der Waals surface area contributed by atoms with Crippen molar-refractivity contribution in [1.82, 2.24) is 5.32 Å². The smallest absolute Gasteiger partial charge is 0.335 e. The molecule has 0 saturated carbocycles. The van der Waals surface area contributed by atoms with E-state index in [4.69, 9.17) is 4.74 Å². The lowest BCUT2D eigenvalue weighted by molar-refractivity contribution is -0.122. The number of urea groups is 1. The first-order chi connectivity index (χ1) is 15.5. The van der Waals surface area contributed by atoms with Gasteiger partial charge in [0.25, 0.3) is 11.8 Å². The zero-order valence-electron chi connectivity index (χ0n) is 17.2. The molecule has 1 N–H and O–H groups in total. The first kappa shape index (κ1) is 21.5. The van der Waals surface area contributed by atoms with Gasteiger partial charge in [0, 0.05) is 4.47 Å². The molecule has 1 heterocycles. The second kappa shape index (κ2) is 9.20. The molecule has 0 unspecified atom stereocenters. The van der Waals surface area contributed by atoms with Crippen LogP contribution in [0.5, 0.6) is 5.75 Å². The maximum absolute atomic E-state index is 13.0. The number of halogens is 1. The molecule has 4 rings (SSSR count). The Morgan fingerprint density at radius 3 is 2.28 bits per heavy atom. The highest BCUT2D eigenvalue weighted by Gasteiger charge is 2.36. The molecule has 7 heteroatoms. The van der Waals surface area contributed by atoms with Gasteiger partial charge < -0.3 is 4.74 Å². The van der Waals surface area contributed by atoms with E-state index in [0.717, 1.165) is 26.9 Å². The number of nitrogens with zero attached hydrogens (tertiary/aromatic N) is 1. The first-order valence-electron chi connectivity index (χ1n) is 9.84. The van der Waals surface area contributed by atoms with Gasteiger partial charge in [0.2, 0.25) is 0 Å². The molecule has 0 aliphatic carbocycles. The molecular weight excluding hydrogens is 472 g/mol. The summed E-state index contributed by atoms with van der Waals surface area (Å²) >= 11 is 3.55. The number of rotatable bonds is 5. The minimum atomic E-state index is -0.786. The molecule has 0 spiro atoms. The van der Waals surface area contributed by atoms with Crippen molar-refractivity contribution < 1.29 is 19.1 Å². The highest BCUT2D eigenvalue weighted by atomic mass is 79.9. The van der Waals surface area contributed by atoms with Crippen LogP contribution in [-0.4, -0.2) is 25.0 Å². The van der Waals surface area contributed by atoms with Gasteiger partial charge in [-0.1, -0.05) is 58.4 Å². The zero-order valence-corrected chi connectivity index (χ0v) is 18.8. The summed E-state index contributed by atoms with van der Waals surface area (Å²) < 4.78 is 6.15. The Hall–Kier alpha value is -3.71. The predicted octanol–water partition coefficient (Wildman–Crippen LogP) is 4.71. The molecule has 160 valence electrons. The summed E-state index contributed by atoms with van der Waals surface area (Å²) in [6, 6.07) is 21.2. The van der Waals surface area contributed by atoms with Crippen LogP contribution in [0.15, 0.2) is 82.8 Å². The SMILES string of the molecule is COc1ccc(N2C(=O)NC(=O)/C(=C\c3ccc(Cc4ccccc4Br)cc3)C2=O)cc1. The van der Waals surface area contributed by atoms with E-state index >= 15 is 0 Å². The normalized spacial score (nSPS) is 15.1. The topological polar surface area (TPSA) is 75.7 Å². The van der Waals surface area contributed by atoms with Crippen molar-refractivity contribution in [3.8, 4) is 5.75 Å². The van der Waals surface area contributed by atoms with Crippen molar-refractivity contribution in [3.63, 3.8) is 0 Å². The van der Waals surface area contributed by atoms with E-state index in [1.54, 1.807) is 24.3 Å². The van der Waals surface area contributed by atoms with Crippen LogP contribution in [0.25, 0.3) is 6.08 Å². The number of carbonyl (C=O) groups excluding carboxylic acids is 3. The number of carbonyl (C=O) groups is 3. The molecular formula is C25H19BrN2O4. The van der Waals surface area contributed by atoms with Crippen LogP contribution in [0.2, 0.25) is 0 Å². The highest BCUT2D eigenvalue weighted by molar-refractivity contribution is 9.10. The van der Waals surface area contributed by atoms with E-state index in [-0.39, 0.29) is 5.57 Å². The molecule has 0 atom stereocenters. The summed E-state index contributed by atoms with van der Waals surface area (Å²) in [5.74, 6) is -0.809. The van der Waals surface area contributed by atoms with Crippen LogP contribution in [-0.2, 0) is 16.0 Å². The molecule has 0 bridgehead atoms. The molecule has 6 nitrogen and oxygen atoms in total. The number of anilines is 1. The Labute approximate surface area is 193 Å². The molecule has 1 aliphatic heterocycles. The van der Waals surface area contributed by atoms with Crippen molar-refractivity contribution in [2.45, 2.75) is 6.42 Å². The Morgan fingerprint density at radius 2 is 1.62 bits per heavy atom. The third kappa shape index (κ3) is 4.48. The van der Waals surface area contributed by atoms with E-state index in [2.05, 4.69) is 27.3 Å². The number of ether oxygens (including phenoxy) is 1. The van der Waals surface area contributed by atoms with Crippen molar-refractivity contribution in [2.24, 2.45) is 0 Å². The zero-order chi connectivity index (χ0) is 22.7. The number of barbiturate groups is 1. The Morgan fingerprint density at radius 1 is 0.938 bits per heavy atom. The van der Waals surface area contributed by atoms with Gasteiger partial charge in [-0.05, 0) is 59.5 Å². The molecule has 4 amide bonds. The second-order valence-electron chi connectivity index (χ2n) is 7.17. The minimum absolute atomic E-state index is 0.112. The van der Waals surface area contributed by atoms with Crippen LogP contribution in [0.4, 0.5) is 10.5 Å². The summed E-state index contributed by atoms with van der Waals surface area (Å²) in [5.41, 5.74) is 3.17. The van der Waals surface area contributed by atoms with Gasteiger partial charge in [-0.3, -0.25) is 14.9 Å². The van der Waals surface area contributed by atoms with E-state index in [1.165, 1.54) is 13.2 Å². The Balaban J connectivity index is 1.57. The lowest BCUT2D eigenvalue weighted by Crippen LogP contribution is -2.54. The lowest BCUT2D eigenvalue weighted by atomic mass is 10.0. The number of hydrogen-bond donors (Lipinski definition) is 1. The van der Waals surface area contributed by atoms with Crippen LogP contribution in [0.3, 0.4) is 0 Å². The van der Waals surface area contributed by atoms with Crippen LogP contribution < -0.4 is 15.0 Å². The first-order valence-corrected chi connectivity index (χ1v) is 10.6. The van der Waals surface area contributed by atoms with Gasteiger partial charge >= 0.3 is 6.03 Å². The van der Waals surface area contributed by atoms with E-state index in [0.29, 0.717) is 17.0 Å². The third-order valence-corrected chi connectivity index (χ3v) is 5.85. The van der Waals surface area contributed by atoms with Gasteiger partial charge in [0.1, 0.15) is 11.3 Å². The van der Waals surface area contributed by atoms with Gasteiger partial charge in [-0.15, -0.1) is 0 Å². The molecule has 0 radical (unpaired) electrons. The third-order valence-electron chi connectivity index (χ3n) is 5.08. The van der Waals surface area contributed by atoms with Crippen molar-refractivity contribution in [2.75, 3.05) is 12.0 Å². The molecule has 32 heavy (non-hydrogen) atoms. The monoisotopic (exact) mass is 490 g/mol. The molecule has 1 saturated heterocycles. The van der Waals surface area contributed by atoms with E-state index in [9.17, 15) is 14.4 Å². The van der Waals surface area contributed by atoms with E-state index < -0.39 is 17.8 Å². The van der Waals surface area contributed by atoms with Crippen molar-refractivity contribution >= 4 is 45.5 Å². The average Bonchev–Trinajstić information content (AvgIpc) is 2.79. The number of benzene rings is 3. The summed E-state index contributed by atoms with van der Waals surface area (Å²) in [6.07, 6.45) is 2.24. The fourth-order valence-corrected chi connectivity index (χ4v) is 3.81. The fraction of sp³-hybridized carbons (Fsp3) is 0.0800. The second-order valence-corrected chi connectivity index (χ2v) is 8.02. The standard InChI is InChI=1S/C25H19BrN2O4/c1-32-20-12-10-19(11-13-20)28-24(30)21(23(29)27-25(28)31)15-17-8-6-16(7-9-17)14-18-4-2-3-5-22(18)26/h2-13,15H,14H2,1H3,(H,27,29,31)/b21-15+. The van der Waals surface area contributed by atoms with Crippen LogP contribution in [0, 0.1) is 0 Å². The van der Waals surface area contributed by atoms with Gasteiger partial charge in [-0.2, -0.15) is 0 Å². The van der Waals surface area contributed by atoms with Crippen molar-refractivity contribution in [1.29, 1.82) is 0 Å². The van der Waals surface area contributed by atoms with Gasteiger partial charge in [0.05, 0.1) is 12.8 Å². The number of imide groups is 2. The number of methoxy groups -OCH3 is 1. The number of nitrogens with one attached hydrogen (secondary N) is 1. The van der Waals surface area contributed by atoms with Crippen molar-refractivity contribution in [3.05, 3.63) is 99.5 Å². The number of hydrogen-bond acceptors (Lipinski definition) is 4. The lowest BCUT2D eigenvalue weighted by Gasteiger charge is -2.26. The Kier molecular flexibility index (Phi) is 6.18. The maximum atomic E-state index is 13.0. The Bertz CT molecular complexity index is 1220. The van der Waals surface area contributed by atoms with Gasteiger partial charge in [0.15, 0.2) is 0 Å². The predicted molar refractivity (Wildman–Crippen MR) is 125 cm³/mol. The maximum Gasteiger partial charge on any atom is 0.335 e. The molecule has 3 aromatic rings. The summed E-state index contributed by atoms with van der Waals surface area (Å²) in [5, 5.41) is 2.23. The van der Waals surface area contributed by atoms with Crippen LogP contribution in [0.1, 0.15) is 16.7 Å². The summed E-state index contributed by atoms with van der Waals surface area (Å²) in [4.78, 5) is 38.6. The largest absolute Gasteiger partial charge is 0.497 e. The minimum Gasteiger partial charge on any atom is -0.497 e. The van der Waals surface area contributed by atoms with Crippen LogP contribution >= 0.6 is 15.9 Å².